The van der Waals surface area contributed by atoms with Gasteiger partial charge in [0.2, 0.25) is 5.91 Å². The highest BCUT2D eigenvalue weighted by Crippen LogP contribution is 2.69. The molecule has 3 fully saturated rings. The predicted molar refractivity (Wildman–Crippen MR) is 87.4 cm³/mol. The SMILES string of the molecule is CNC(=O)CCC12CC(NC(=O)COc3ccc(Cl)cc3)(C1)C2. The first-order valence-corrected chi connectivity index (χ1v) is 8.22. The van der Waals surface area contributed by atoms with Gasteiger partial charge in [-0.2, -0.15) is 0 Å². The molecule has 1 aromatic carbocycles. The fraction of sp³-hybridized carbons (Fsp3) is 0.529. The van der Waals surface area contributed by atoms with Crippen molar-refractivity contribution in [3.8, 4) is 5.75 Å². The molecule has 0 aromatic heterocycles. The van der Waals surface area contributed by atoms with Crippen molar-refractivity contribution in [3.63, 3.8) is 0 Å². The van der Waals surface area contributed by atoms with Gasteiger partial charge < -0.3 is 15.4 Å². The number of carbonyl (C=O) groups is 2. The third-order valence-electron chi connectivity index (χ3n) is 4.89. The summed E-state index contributed by atoms with van der Waals surface area (Å²) in [5, 5.41) is 6.36. The van der Waals surface area contributed by atoms with Crippen LogP contribution in [0.5, 0.6) is 5.75 Å². The van der Waals surface area contributed by atoms with E-state index >= 15 is 0 Å². The average molecular weight is 337 g/mol. The lowest BCUT2D eigenvalue weighted by Gasteiger charge is -2.71. The van der Waals surface area contributed by atoms with Crippen molar-refractivity contribution in [1.29, 1.82) is 0 Å². The quantitative estimate of drug-likeness (QED) is 0.802. The summed E-state index contributed by atoms with van der Waals surface area (Å²) in [5.74, 6) is 0.618. The second-order valence-electron chi connectivity index (χ2n) is 6.77. The number of hydrogen-bond donors (Lipinski definition) is 2. The summed E-state index contributed by atoms with van der Waals surface area (Å²) in [6.45, 7) is 0.00855. The van der Waals surface area contributed by atoms with E-state index in [0.717, 1.165) is 25.7 Å². The van der Waals surface area contributed by atoms with Crippen LogP contribution in [-0.4, -0.2) is 31.0 Å². The maximum absolute atomic E-state index is 12.0. The molecule has 23 heavy (non-hydrogen) atoms. The molecule has 4 rings (SSSR count). The Morgan fingerprint density at radius 3 is 2.43 bits per heavy atom. The molecule has 0 aliphatic heterocycles. The third-order valence-corrected chi connectivity index (χ3v) is 5.14. The topological polar surface area (TPSA) is 67.4 Å². The van der Waals surface area contributed by atoms with E-state index in [1.54, 1.807) is 31.3 Å². The molecule has 2 bridgehead atoms. The zero-order chi connectivity index (χ0) is 16.5. The molecule has 6 heteroatoms. The standard InChI is InChI=1S/C17H21ClN2O3/c1-19-14(21)6-7-16-9-17(10-16,11-16)20-15(22)8-23-13-4-2-12(18)3-5-13/h2-5H,6-11H2,1H3,(H,19,21)(H,20,22). The van der Waals surface area contributed by atoms with Gasteiger partial charge in [-0.25, -0.2) is 0 Å². The summed E-state index contributed by atoms with van der Waals surface area (Å²) >= 11 is 5.80. The summed E-state index contributed by atoms with van der Waals surface area (Å²) in [6, 6.07) is 6.94. The molecule has 0 heterocycles. The summed E-state index contributed by atoms with van der Waals surface area (Å²) in [5.41, 5.74) is 0.222. The van der Waals surface area contributed by atoms with E-state index in [-0.39, 0.29) is 29.4 Å². The Morgan fingerprint density at radius 1 is 1.17 bits per heavy atom. The van der Waals surface area contributed by atoms with Gasteiger partial charge in [0.05, 0.1) is 0 Å². The van der Waals surface area contributed by atoms with Crippen molar-refractivity contribution in [3.05, 3.63) is 29.3 Å². The first-order chi connectivity index (χ1) is 10.9. The van der Waals surface area contributed by atoms with E-state index in [1.165, 1.54) is 0 Å². The Labute approximate surface area is 140 Å². The highest BCUT2D eigenvalue weighted by Gasteiger charge is 2.67. The molecule has 0 atom stereocenters. The lowest BCUT2D eigenvalue weighted by molar-refractivity contribution is -0.171. The Balaban J connectivity index is 1.38. The van der Waals surface area contributed by atoms with E-state index < -0.39 is 0 Å². The Bertz CT molecular complexity index is 595. The number of nitrogens with one attached hydrogen (secondary N) is 2. The Kier molecular flexibility index (Phi) is 4.23. The van der Waals surface area contributed by atoms with Gasteiger partial charge >= 0.3 is 0 Å². The fourth-order valence-electron chi connectivity index (χ4n) is 3.91. The van der Waals surface area contributed by atoms with Gasteiger partial charge in [-0.15, -0.1) is 0 Å². The second-order valence-corrected chi connectivity index (χ2v) is 7.21. The zero-order valence-electron chi connectivity index (χ0n) is 13.2. The minimum atomic E-state index is -0.0976. The van der Waals surface area contributed by atoms with E-state index in [4.69, 9.17) is 16.3 Å². The van der Waals surface area contributed by atoms with Crippen molar-refractivity contribution >= 4 is 23.4 Å². The van der Waals surface area contributed by atoms with Gasteiger partial charge in [0.25, 0.3) is 5.91 Å². The molecule has 0 spiro atoms. The van der Waals surface area contributed by atoms with Crippen LogP contribution in [0.25, 0.3) is 0 Å². The molecule has 3 aliphatic carbocycles. The van der Waals surface area contributed by atoms with Crippen molar-refractivity contribution in [2.45, 2.75) is 37.6 Å². The number of benzene rings is 1. The van der Waals surface area contributed by atoms with Crippen molar-refractivity contribution in [2.75, 3.05) is 13.7 Å². The van der Waals surface area contributed by atoms with Crippen LogP contribution in [0.3, 0.4) is 0 Å². The number of ether oxygens (including phenoxy) is 1. The molecule has 3 aliphatic rings. The number of carbonyl (C=O) groups excluding carboxylic acids is 2. The molecule has 0 radical (unpaired) electrons. The number of hydrogen-bond acceptors (Lipinski definition) is 3. The van der Waals surface area contributed by atoms with E-state index in [2.05, 4.69) is 10.6 Å². The first-order valence-electron chi connectivity index (χ1n) is 7.84. The molecule has 3 saturated carbocycles. The van der Waals surface area contributed by atoms with E-state index in [9.17, 15) is 9.59 Å². The van der Waals surface area contributed by atoms with Gasteiger partial charge in [-0.05, 0) is 55.4 Å². The van der Waals surface area contributed by atoms with Crippen LogP contribution in [0.2, 0.25) is 5.02 Å². The van der Waals surface area contributed by atoms with Crippen LogP contribution in [0.15, 0.2) is 24.3 Å². The van der Waals surface area contributed by atoms with Gasteiger partial charge in [-0.1, -0.05) is 11.6 Å². The van der Waals surface area contributed by atoms with Crippen LogP contribution in [0, 0.1) is 5.41 Å². The van der Waals surface area contributed by atoms with Gasteiger partial charge in [0, 0.05) is 24.0 Å². The molecule has 5 nitrogen and oxygen atoms in total. The maximum Gasteiger partial charge on any atom is 0.258 e. The van der Waals surface area contributed by atoms with E-state index in [1.807, 2.05) is 0 Å². The summed E-state index contributed by atoms with van der Waals surface area (Å²) < 4.78 is 5.45. The van der Waals surface area contributed by atoms with E-state index in [0.29, 0.717) is 17.2 Å². The first kappa shape index (κ1) is 16.1. The average Bonchev–Trinajstić information content (AvgIpc) is 2.47. The predicted octanol–water partition coefficient (Wildman–Crippen LogP) is 2.28. The van der Waals surface area contributed by atoms with Crippen LogP contribution in [0.1, 0.15) is 32.1 Å². The normalized spacial score (nSPS) is 27.4. The summed E-state index contributed by atoms with van der Waals surface area (Å²) in [6.07, 6.45) is 4.41. The smallest absolute Gasteiger partial charge is 0.258 e. The minimum absolute atomic E-state index is 0.00855. The van der Waals surface area contributed by atoms with Gasteiger partial charge in [0.15, 0.2) is 6.61 Å². The Morgan fingerprint density at radius 2 is 1.83 bits per heavy atom. The molecule has 0 unspecified atom stereocenters. The van der Waals surface area contributed by atoms with Gasteiger partial charge in [0.1, 0.15) is 5.75 Å². The number of halogens is 1. The highest BCUT2D eigenvalue weighted by molar-refractivity contribution is 6.30. The minimum Gasteiger partial charge on any atom is -0.484 e. The van der Waals surface area contributed by atoms with Crippen LogP contribution in [-0.2, 0) is 9.59 Å². The Hall–Kier alpha value is -1.75. The fourth-order valence-corrected chi connectivity index (χ4v) is 4.04. The van der Waals surface area contributed by atoms with Crippen LogP contribution in [0.4, 0.5) is 0 Å². The number of amides is 2. The van der Waals surface area contributed by atoms with Crippen molar-refractivity contribution in [2.24, 2.45) is 5.41 Å². The molecule has 2 N–H and O–H groups in total. The largest absolute Gasteiger partial charge is 0.484 e. The molecule has 0 saturated heterocycles. The zero-order valence-corrected chi connectivity index (χ0v) is 13.9. The van der Waals surface area contributed by atoms with Gasteiger partial charge in [-0.3, -0.25) is 9.59 Å². The maximum atomic E-state index is 12.0. The summed E-state index contributed by atoms with van der Waals surface area (Å²) in [7, 11) is 1.66. The second kappa shape index (κ2) is 6.04. The third kappa shape index (κ3) is 3.44. The summed E-state index contributed by atoms with van der Waals surface area (Å²) in [4.78, 5) is 23.3. The lowest BCUT2D eigenvalue weighted by Crippen LogP contribution is -2.75. The monoisotopic (exact) mass is 336 g/mol. The molecule has 1 aromatic rings. The van der Waals surface area contributed by atoms with Crippen LogP contribution >= 0.6 is 11.6 Å². The van der Waals surface area contributed by atoms with Crippen LogP contribution < -0.4 is 15.4 Å². The highest BCUT2D eigenvalue weighted by atomic mass is 35.5. The lowest BCUT2D eigenvalue weighted by atomic mass is 9.38. The molecular weight excluding hydrogens is 316 g/mol. The molecular formula is C17H21ClN2O3. The molecule has 2 amide bonds. The number of rotatable bonds is 7. The molecule has 124 valence electrons. The van der Waals surface area contributed by atoms with Crippen molar-refractivity contribution < 1.29 is 14.3 Å². The van der Waals surface area contributed by atoms with Crippen molar-refractivity contribution in [1.82, 2.24) is 10.6 Å².